The van der Waals surface area contributed by atoms with Crippen molar-refractivity contribution in [3.63, 3.8) is 0 Å². The van der Waals surface area contributed by atoms with Gasteiger partial charge in [-0.2, -0.15) is 0 Å². The van der Waals surface area contributed by atoms with Gasteiger partial charge in [-0.25, -0.2) is 0 Å². The SMILES string of the molecule is [NH]C(=O)COc1ccccc1O. The van der Waals surface area contributed by atoms with Gasteiger partial charge >= 0.3 is 0 Å². The quantitative estimate of drug-likeness (QED) is 0.713. The Morgan fingerprint density at radius 2 is 2.17 bits per heavy atom. The Morgan fingerprint density at radius 1 is 1.50 bits per heavy atom. The molecule has 1 radical (unpaired) electrons. The first kappa shape index (κ1) is 8.39. The highest BCUT2D eigenvalue weighted by molar-refractivity contribution is 5.74. The molecular weight excluding hydrogens is 158 g/mol. The summed E-state index contributed by atoms with van der Waals surface area (Å²) in [6.07, 6.45) is 0. The minimum Gasteiger partial charge on any atom is -0.504 e. The zero-order valence-corrected chi connectivity index (χ0v) is 6.28. The Hall–Kier alpha value is -1.71. The van der Waals surface area contributed by atoms with Crippen LogP contribution in [0.25, 0.3) is 0 Å². The number of para-hydroxylation sites is 2. The summed E-state index contributed by atoms with van der Waals surface area (Å²) < 4.78 is 4.81. The Kier molecular flexibility index (Phi) is 2.53. The molecule has 1 rings (SSSR count). The lowest BCUT2D eigenvalue weighted by Gasteiger charge is -2.03. The van der Waals surface area contributed by atoms with E-state index in [2.05, 4.69) is 0 Å². The van der Waals surface area contributed by atoms with Crippen LogP contribution in [-0.4, -0.2) is 17.6 Å². The number of ether oxygens (including phenoxy) is 1. The number of amides is 1. The molecular formula is C8H8NO3. The first-order chi connectivity index (χ1) is 5.70. The number of carbonyl (C=O) groups excluding carboxylic acids is 1. The smallest absolute Gasteiger partial charge is 0.276 e. The number of aromatic hydroxyl groups is 1. The number of hydrogen-bond acceptors (Lipinski definition) is 3. The van der Waals surface area contributed by atoms with Crippen LogP contribution >= 0.6 is 0 Å². The van der Waals surface area contributed by atoms with E-state index in [4.69, 9.17) is 15.6 Å². The molecule has 0 aromatic heterocycles. The van der Waals surface area contributed by atoms with E-state index in [0.717, 1.165) is 0 Å². The van der Waals surface area contributed by atoms with Gasteiger partial charge < -0.3 is 9.84 Å². The third kappa shape index (κ3) is 2.16. The largest absolute Gasteiger partial charge is 0.504 e. The minimum absolute atomic E-state index is 0.0289. The van der Waals surface area contributed by atoms with E-state index in [1.165, 1.54) is 12.1 Å². The van der Waals surface area contributed by atoms with Gasteiger partial charge in [0.05, 0.1) is 0 Å². The lowest BCUT2D eigenvalue weighted by Crippen LogP contribution is -2.11. The van der Waals surface area contributed by atoms with Crippen molar-refractivity contribution in [3.05, 3.63) is 24.3 Å². The molecule has 4 nitrogen and oxygen atoms in total. The molecule has 0 saturated heterocycles. The molecule has 2 N–H and O–H groups in total. The van der Waals surface area contributed by atoms with Crippen molar-refractivity contribution in [2.24, 2.45) is 0 Å². The van der Waals surface area contributed by atoms with Crippen molar-refractivity contribution in [2.45, 2.75) is 0 Å². The summed E-state index contributed by atoms with van der Waals surface area (Å²) in [4.78, 5) is 10.2. The Bertz CT molecular complexity index is 285. The first-order valence-corrected chi connectivity index (χ1v) is 3.35. The number of hydrogen-bond donors (Lipinski definition) is 1. The zero-order chi connectivity index (χ0) is 8.97. The summed E-state index contributed by atoms with van der Waals surface area (Å²) in [7, 11) is 0. The van der Waals surface area contributed by atoms with Gasteiger partial charge in [0.15, 0.2) is 18.1 Å². The van der Waals surface area contributed by atoms with Crippen LogP contribution < -0.4 is 10.5 Å². The van der Waals surface area contributed by atoms with Crippen LogP contribution in [0.2, 0.25) is 0 Å². The average molecular weight is 166 g/mol. The van der Waals surface area contributed by atoms with Gasteiger partial charge in [-0.05, 0) is 12.1 Å². The van der Waals surface area contributed by atoms with E-state index in [1.807, 2.05) is 0 Å². The minimum atomic E-state index is -0.821. The number of phenolic OH excluding ortho intramolecular Hbond substituents is 1. The molecule has 0 bridgehead atoms. The summed E-state index contributed by atoms with van der Waals surface area (Å²) in [5.41, 5.74) is 6.55. The molecule has 1 aromatic rings. The summed E-state index contributed by atoms with van der Waals surface area (Å²) >= 11 is 0. The fraction of sp³-hybridized carbons (Fsp3) is 0.125. The second-order valence-corrected chi connectivity index (χ2v) is 2.18. The van der Waals surface area contributed by atoms with Crippen LogP contribution in [0.4, 0.5) is 0 Å². The molecule has 1 aromatic carbocycles. The molecule has 0 atom stereocenters. The Labute approximate surface area is 69.6 Å². The van der Waals surface area contributed by atoms with E-state index in [0.29, 0.717) is 0 Å². The topological polar surface area (TPSA) is 70.3 Å². The van der Waals surface area contributed by atoms with E-state index in [-0.39, 0.29) is 18.1 Å². The van der Waals surface area contributed by atoms with E-state index in [9.17, 15) is 4.79 Å². The number of phenols is 1. The van der Waals surface area contributed by atoms with Gasteiger partial charge in [-0.3, -0.25) is 10.5 Å². The predicted molar refractivity (Wildman–Crippen MR) is 41.7 cm³/mol. The van der Waals surface area contributed by atoms with Gasteiger partial charge in [0, 0.05) is 0 Å². The van der Waals surface area contributed by atoms with Crippen LogP contribution in [0.3, 0.4) is 0 Å². The maximum absolute atomic E-state index is 10.2. The van der Waals surface area contributed by atoms with Gasteiger partial charge in [0.1, 0.15) is 0 Å². The molecule has 0 aliphatic heterocycles. The molecule has 0 saturated carbocycles. The van der Waals surface area contributed by atoms with Crippen LogP contribution in [-0.2, 0) is 4.79 Å². The molecule has 0 unspecified atom stereocenters. The molecule has 0 spiro atoms. The standard InChI is InChI=1S/C8H8NO3/c9-8(11)5-12-7-4-2-1-3-6(7)10/h1-4,9-10H,5H2. The van der Waals surface area contributed by atoms with Gasteiger partial charge in [0.25, 0.3) is 5.91 Å². The third-order valence-electron chi connectivity index (χ3n) is 1.22. The van der Waals surface area contributed by atoms with Crippen LogP contribution in [0.1, 0.15) is 0 Å². The van der Waals surface area contributed by atoms with Crippen molar-refractivity contribution in [1.82, 2.24) is 5.73 Å². The van der Waals surface area contributed by atoms with E-state index < -0.39 is 5.91 Å². The second kappa shape index (κ2) is 3.61. The lowest BCUT2D eigenvalue weighted by molar-refractivity contribution is -0.120. The van der Waals surface area contributed by atoms with Crippen LogP contribution in [0.5, 0.6) is 11.5 Å². The third-order valence-corrected chi connectivity index (χ3v) is 1.22. The molecule has 1 amide bonds. The molecule has 0 fully saturated rings. The molecule has 0 aliphatic carbocycles. The molecule has 12 heavy (non-hydrogen) atoms. The summed E-state index contributed by atoms with van der Waals surface area (Å²) in [6.45, 7) is -0.336. The van der Waals surface area contributed by atoms with E-state index >= 15 is 0 Å². The average Bonchev–Trinajstić information content (AvgIpc) is 2.03. The Balaban J connectivity index is 2.63. The lowest BCUT2D eigenvalue weighted by atomic mass is 10.3. The van der Waals surface area contributed by atoms with E-state index in [1.54, 1.807) is 12.1 Å². The highest BCUT2D eigenvalue weighted by Gasteiger charge is 2.01. The molecule has 4 heteroatoms. The van der Waals surface area contributed by atoms with Crippen molar-refractivity contribution >= 4 is 5.91 Å². The number of nitrogens with one attached hydrogen (secondary N) is 1. The Morgan fingerprint density at radius 3 is 2.75 bits per heavy atom. The molecule has 0 aliphatic rings. The van der Waals surface area contributed by atoms with Gasteiger partial charge in [-0.1, -0.05) is 12.1 Å². The molecule has 0 heterocycles. The highest BCUT2D eigenvalue weighted by atomic mass is 16.5. The van der Waals surface area contributed by atoms with Crippen LogP contribution in [0.15, 0.2) is 24.3 Å². The summed E-state index contributed by atoms with van der Waals surface area (Å²) in [5, 5.41) is 9.13. The monoisotopic (exact) mass is 166 g/mol. The summed E-state index contributed by atoms with van der Waals surface area (Å²) in [5.74, 6) is -0.630. The van der Waals surface area contributed by atoms with Gasteiger partial charge in [-0.15, -0.1) is 0 Å². The number of rotatable bonds is 3. The van der Waals surface area contributed by atoms with Crippen molar-refractivity contribution in [1.29, 1.82) is 0 Å². The van der Waals surface area contributed by atoms with Crippen LogP contribution in [0, 0.1) is 0 Å². The fourth-order valence-corrected chi connectivity index (χ4v) is 0.723. The van der Waals surface area contributed by atoms with Crippen molar-refractivity contribution in [3.8, 4) is 11.5 Å². The highest BCUT2D eigenvalue weighted by Crippen LogP contribution is 2.23. The maximum atomic E-state index is 10.2. The number of carbonyl (C=O) groups is 1. The molecule has 63 valence electrons. The normalized spacial score (nSPS) is 9.33. The second-order valence-electron chi connectivity index (χ2n) is 2.18. The van der Waals surface area contributed by atoms with Crippen molar-refractivity contribution in [2.75, 3.05) is 6.61 Å². The van der Waals surface area contributed by atoms with Gasteiger partial charge in [0.2, 0.25) is 0 Å². The fourth-order valence-electron chi connectivity index (χ4n) is 0.723. The maximum Gasteiger partial charge on any atom is 0.276 e. The van der Waals surface area contributed by atoms with Crippen molar-refractivity contribution < 1.29 is 14.6 Å². The summed E-state index contributed by atoms with van der Waals surface area (Å²) in [6, 6.07) is 6.29. The first-order valence-electron chi connectivity index (χ1n) is 3.35. The predicted octanol–water partition coefficient (Wildman–Crippen LogP) is 0.581. The zero-order valence-electron chi connectivity index (χ0n) is 6.28. The number of benzene rings is 1.